The smallest absolute Gasteiger partial charge is 0.271 e. The van der Waals surface area contributed by atoms with Crippen LogP contribution >= 0.6 is 11.3 Å². The number of fused-ring (bicyclic) bond motifs is 2. The molecule has 0 atom stereocenters. The molecule has 1 aliphatic rings. The molecular formula is C17H14N4O4S. The summed E-state index contributed by atoms with van der Waals surface area (Å²) in [6.07, 6.45) is 1.28. The van der Waals surface area contributed by atoms with Gasteiger partial charge < -0.3 is 15.0 Å². The molecule has 0 radical (unpaired) electrons. The molecule has 0 saturated carbocycles. The van der Waals surface area contributed by atoms with Gasteiger partial charge >= 0.3 is 0 Å². The minimum atomic E-state index is -0.562. The Bertz CT molecular complexity index is 1120. The summed E-state index contributed by atoms with van der Waals surface area (Å²) >= 11 is 1.34. The molecule has 2 aromatic heterocycles. The van der Waals surface area contributed by atoms with Crippen molar-refractivity contribution in [2.75, 3.05) is 23.9 Å². The van der Waals surface area contributed by atoms with Crippen molar-refractivity contribution in [1.82, 2.24) is 9.38 Å². The zero-order valence-electron chi connectivity index (χ0n) is 14.0. The van der Waals surface area contributed by atoms with E-state index in [0.29, 0.717) is 22.1 Å². The number of likely N-dealkylation sites (N-methyl/N-ethyl adjacent to an activating group) is 1. The number of anilines is 2. The lowest BCUT2D eigenvalue weighted by atomic mass is 10.2. The molecule has 0 saturated heterocycles. The van der Waals surface area contributed by atoms with Gasteiger partial charge in [0.25, 0.3) is 17.4 Å². The number of aryl methyl sites for hydroxylation is 1. The van der Waals surface area contributed by atoms with Crippen LogP contribution in [0, 0.1) is 6.92 Å². The molecule has 9 heteroatoms. The Labute approximate surface area is 151 Å². The van der Waals surface area contributed by atoms with Crippen LogP contribution in [0.25, 0.3) is 4.96 Å². The van der Waals surface area contributed by atoms with Crippen molar-refractivity contribution in [1.29, 1.82) is 0 Å². The van der Waals surface area contributed by atoms with Crippen LogP contribution in [0.15, 0.2) is 34.6 Å². The normalized spacial score (nSPS) is 13.5. The number of amides is 2. The summed E-state index contributed by atoms with van der Waals surface area (Å²) in [4.78, 5) is 43.0. The van der Waals surface area contributed by atoms with Crippen LogP contribution in [0.2, 0.25) is 0 Å². The molecule has 0 bridgehead atoms. The third-order valence-corrected chi connectivity index (χ3v) is 5.12. The van der Waals surface area contributed by atoms with Gasteiger partial charge in [-0.15, -0.1) is 11.3 Å². The van der Waals surface area contributed by atoms with Gasteiger partial charge in [-0.2, -0.15) is 0 Å². The van der Waals surface area contributed by atoms with Crippen molar-refractivity contribution < 1.29 is 14.3 Å². The molecule has 0 unspecified atom stereocenters. The van der Waals surface area contributed by atoms with Gasteiger partial charge in [-0.25, -0.2) is 4.98 Å². The summed E-state index contributed by atoms with van der Waals surface area (Å²) in [6, 6.07) is 4.95. The second-order valence-electron chi connectivity index (χ2n) is 5.85. The third kappa shape index (κ3) is 2.53. The van der Waals surface area contributed by atoms with E-state index in [9.17, 15) is 14.4 Å². The molecule has 0 spiro atoms. The molecule has 26 heavy (non-hydrogen) atoms. The molecule has 0 fully saturated rings. The molecule has 3 heterocycles. The molecule has 8 nitrogen and oxygen atoms in total. The summed E-state index contributed by atoms with van der Waals surface area (Å²) in [6.45, 7) is 1.77. The number of nitrogens with zero attached hydrogens (tertiary/aromatic N) is 3. The highest BCUT2D eigenvalue weighted by atomic mass is 32.1. The van der Waals surface area contributed by atoms with E-state index in [2.05, 4.69) is 10.3 Å². The van der Waals surface area contributed by atoms with E-state index in [-0.39, 0.29) is 18.1 Å². The van der Waals surface area contributed by atoms with Crippen molar-refractivity contribution in [3.63, 3.8) is 0 Å². The number of rotatable bonds is 2. The SMILES string of the molecule is Cc1csc2ncc(C(=O)Nc3ccc4c(c3)N(C)C(=O)CO4)c(=O)n12. The largest absolute Gasteiger partial charge is 0.482 e. The number of thiazole rings is 1. The van der Waals surface area contributed by atoms with Crippen molar-refractivity contribution in [2.45, 2.75) is 6.92 Å². The van der Waals surface area contributed by atoms with Crippen LogP contribution in [0.5, 0.6) is 5.75 Å². The van der Waals surface area contributed by atoms with Gasteiger partial charge in [0.15, 0.2) is 11.6 Å². The number of carbonyl (C=O) groups excluding carboxylic acids is 2. The molecule has 1 N–H and O–H groups in total. The standard InChI is InChI=1S/C17H14N4O4S/c1-9-8-26-17-18-6-11(16(24)21(9)17)15(23)19-10-3-4-13-12(5-10)20(2)14(22)7-25-13/h3-6,8H,7H2,1-2H3,(H,19,23). The summed E-state index contributed by atoms with van der Waals surface area (Å²) in [7, 11) is 1.64. The van der Waals surface area contributed by atoms with Gasteiger partial charge in [0.1, 0.15) is 11.3 Å². The minimum Gasteiger partial charge on any atom is -0.482 e. The maximum Gasteiger partial charge on any atom is 0.271 e. The van der Waals surface area contributed by atoms with Gasteiger partial charge in [-0.1, -0.05) is 0 Å². The average molecular weight is 370 g/mol. The summed E-state index contributed by atoms with van der Waals surface area (Å²) in [5.74, 6) is -0.183. The van der Waals surface area contributed by atoms with E-state index in [4.69, 9.17) is 4.74 Å². The van der Waals surface area contributed by atoms with E-state index in [1.165, 1.54) is 26.8 Å². The molecule has 132 valence electrons. The number of hydrogen-bond donors (Lipinski definition) is 1. The first-order valence-corrected chi connectivity index (χ1v) is 8.64. The fourth-order valence-electron chi connectivity index (χ4n) is 2.73. The summed E-state index contributed by atoms with van der Waals surface area (Å²) in [5, 5.41) is 4.49. The topological polar surface area (TPSA) is 93.0 Å². The van der Waals surface area contributed by atoms with Gasteiger partial charge in [-0.05, 0) is 25.1 Å². The van der Waals surface area contributed by atoms with E-state index in [1.807, 2.05) is 5.38 Å². The zero-order chi connectivity index (χ0) is 18.4. The van der Waals surface area contributed by atoms with Crippen molar-refractivity contribution >= 4 is 39.5 Å². The van der Waals surface area contributed by atoms with E-state index < -0.39 is 11.5 Å². The fourth-order valence-corrected chi connectivity index (χ4v) is 3.56. The molecule has 3 aromatic rings. The third-order valence-electron chi connectivity index (χ3n) is 4.16. The van der Waals surface area contributed by atoms with E-state index >= 15 is 0 Å². The average Bonchev–Trinajstić information content (AvgIpc) is 3.01. The lowest BCUT2D eigenvalue weighted by Gasteiger charge is -2.26. The number of nitrogens with one attached hydrogen (secondary N) is 1. The predicted molar refractivity (Wildman–Crippen MR) is 97.4 cm³/mol. The molecule has 0 aliphatic carbocycles. The zero-order valence-corrected chi connectivity index (χ0v) is 14.8. The first-order valence-electron chi connectivity index (χ1n) is 7.76. The van der Waals surface area contributed by atoms with Crippen molar-refractivity contribution in [2.24, 2.45) is 0 Å². The first kappa shape index (κ1) is 16.3. The molecule has 2 amide bonds. The van der Waals surface area contributed by atoms with Gasteiger partial charge in [0, 0.05) is 30.0 Å². The minimum absolute atomic E-state index is 0.0162. The molecule has 1 aliphatic heterocycles. The highest BCUT2D eigenvalue weighted by molar-refractivity contribution is 7.15. The Morgan fingerprint density at radius 3 is 2.96 bits per heavy atom. The Morgan fingerprint density at radius 2 is 2.15 bits per heavy atom. The molecule has 4 rings (SSSR count). The quantitative estimate of drug-likeness (QED) is 0.741. The lowest BCUT2D eigenvalue weighted by Crippen LogP contribution is -2.35. The molecule has 1 aromatic carbocycles. The van der Waals surface area contributed by atoms with Crippen LogP contribution in [0.3, 0.4) is 0 Å². The second-order valence-corrected chi connectivity index (χ2v) is 6.69. The van der Waals surface area contributed by atoms with Crippen LogP contribution in [-0.2, 0) is 4.79 Å². The Hall–Kier alpha value is -3.20. The molecular weight excluding hydrogens is 356 g/mol. The highest BCUT2D eigenvalue weighted by Gasteiger charge is 2.23. The fraction of sp³-hybridized carbons (Fsp3) is 0.176. The number of aromatic nitrogens is 2. The monoisotopic (exact) mass is 370 g/mol. The van der Waals surface area contributed by atoms with Crippen LogP contribution < -0.4 is 20.5 Å². The summed E-state index contributed by atoms with van der Waals surface area (Å²) < 4.78 is 6.77. The predicted octanol–water partition coefficient (Wildman–Crippen LogP) is 1.67. The maximum atomic E-state index is 12.6. The number of hydrogen-bond acceptors (Lipinski definition) is 6. The van der Waals surface area contributed by atoms with Crippen molar-refractivity contribution in [3.05, 3.63) is 51.4 Å². The number of carbonyl (C=O) groups is 2. The van der Waals surface area contributed by atoms with Crippen LogP contribution in [0.1, 0.15) is 16.1 Å². The number of ether oxygens (including phenoxy) is 1. The Kier molecular flexibility index (Phi) is 3.73. The van der Waals surface area contributed by atoms with Gasteiger partial charge in [0.2, 0.25) is 0 Å². The van der Waals surface area contributed by atoms with Gasteiger partial charge in [-0.3, -0.25) is 18.8 Å². The Balaban J connectivity index is 1.67. The Morgan fingerprint density at radius 1 is 1.35 bits per heavy atom. The number of benzene rings is 1. The highest BCUT2D eigenvalue weighted by Crippen LogP contribution is 2.33. The van der Waals surface area contributed by atoms with E-state index in [1.54, 1.807) is 32.2 Å². The maximum absolute atomic E-state index is 12.6. The first-order chi connectivity index (χ1) is 12.5. The lowest BCUT2D eigenvalue weighted by molar-refractivity contribution is -0.120. The van der Waals surface area contributed by atoms with Gasteiger partial charge in [0.05, 0.1) is 5.69 Å². The second kappa shape index (κ2) is 5.95. The van der Waals surface area contributed by atoms with Crippen LogP contribution in [-0.4, -0.2) is 34.9 Å². The van der Waals surface area contributed by atoms with Crippen molar-refractivity contribution in [3.8, 4) is 5.75 Å². The van der Waals surface area contributed by atoms with E-state index in [0.717, 1.165) is 5.69 Å². The summed E-state index contributed by atoms with van der Waals surface area (Å²) in [5.41, 5.74) is 1.26. The van der Waals surface area contributed by atoms with Crippen LogP contribution in [0.4, 0.5) is 11.4 Å².